The van der Waals surface area contributed by atoms with Crippen molar-refractivity contribution in [1.82, 2.24) is 5.32 Å². The quantitative estimate of drug-likeness (QED) is 0.664. The molecule has 0 aromatic heterocycles. The second-order valence-electron chi connectivity index (χ2n) is 5.29. The molecule has 0 heterocycles. The molecule has 0 bridgehead atoms. The molecule has 0 aliphatic heterocycles. The van der Waals surface area contributed by atoms with Crippen molar-refractivity contribution in [1.29, 1.82) is 0 Å². The summed E-state index contributed by atoms with van der Waals surface area (Å²) < 4.78 is 10.5. The smallest absolute Gasteiger partial charge is 0.0591 e. The highest BCUT2D eigenvalue weighted by Gasteiger charge is 2.26. The van der Waals surface area contributed by atoms with Crippen LogP contribution in [0.25, 0.3) is 0 Å². The van der Waals surface area contributed by atoms with E-state index < -0.39 is 0 Å². The number of methoxy groups -OCH3 is 1. The van der Waals surface area contributed by atoms with Crippen LogP contribution in [0.15, 0.2) is 0 Å². The second kappa shape index (κ2) is 8.90. The van der Waals surface area contributed by atoms with Crippen molar-refractivity contribution in [3.05, 3.63) is 0 Å². The molecule has 102 valence electrons. The third-order valence-electron chi connectivity index (χ3n) is 4.00. The molecule has 1 aliphatic rings. The molecule has 0 aromatic rings. The zero-order valence-electron chi connectivity index (χ0n) is 11.7. The lowest BCUT2D eigenvalue weighted by molar-refractivity contribution is 0.0985. The second-order valence-corrected chi connectivity index (χ2v) is 5.29. The third kappa shape index (κ3) is 5.84. The molecule has 0 radical (unpaired) electrons. The summed E-state index contributed by atoms with van der Waals surface area (Å²) in [7, 11) is 1.73. The van der Waals surface area contributed by atoms with Crippen LogP contribution in [0.2, 0.25) is 0 Å². The molecule has 0 amide bonds. The van der Waals surface area contributed by atoms with Crippen LogP contribution in [-0.2, 0) is 9.47 Å². The van der Waals surface area contributed by atoms with Gasteiger partial charge in [0.2, 0.25) is 0 Å². The Labute approximate surface area is 106 Å². The van der Waals surface area contributed by atoms with Gasteiger partial charge in [-0.25, -0.2) is 0 Å². The minimum Gasteiger partial charge on any atom is -0.385 e. The lowest BCUT2D eigenvalue weighted by atomic mass is 9.78. The Morgan fingerprint density at radius 2 is 1.94 bits per heavy atom. The number of nitrogens with one attached hydrogen (secondary N) is 1. The first kappa shape index (κ1) is 14.9. The summed E-state index contributed by atoms with van der Waals surface area (Å²) in [6, 6.07) is 0.696. The molecule has 3 nitrogen and oxygen atoms in total. The molecule has 1 N–H and O–H groups in total. The van der Waals surface area contributed by atoms with Crippen molar-refractivity contribution in [2.45, 2.75) is 45.6 Å². The van der Waals surface area contributed by atoms with Crippen molar-refractivity contribution in [2.24, 2.45) is 11.8 Å². The number of rotatable bonds is 8. The van der Waals surface area contributed by atoms with Gasteiger partial charge >= 0.3 is 0 Å². The number of hydrogen-bond acceptors (Lipinski definition) is 3. The van der Waals surface area contributed by atoms with Gasteiger partial charge in [-0.1, -0.05) is 26.7 Å². The average Bonchev–Trinajstić information content (AvgIpc) is 2.33. The van der Waals surface area contributed by atoms with Gasteiger partial charge in [-0.05, 0) is 24.7 Å². The van der Waals surface area contributed by atoms with Gasteiger partial charge in [-0.2, -0.15) is 0 Å². The molecule has 0 spiro atoms. The Kier molecular flexibility index (Phi) is 7.82. The zero-order valence-corrected chi connectivity index (χ0v) is 11.7. The van der Waals surface area contributed by atoms with Crippen molar-refractivity contribution >= 4 is 0 Å². The highest BCUT2D eigenvalue weighted by atomic mass is 16.5. The molecular weight excluding hydrogens is 214 g/mol. The van der Waals surface area contributed by atoms with E-state index in [0.717, 1.165) is 44.6 Å². The maximum absolute atomic E-state index is 5.55. The Balaban J connectivity index is 1.98. The highest BCUT2D eigenvalue weighted by molar-refractivity contribution is 4.81. The molecule has 0 saturated heterocycles. The summed E-state index contributed by atoms with van der Waals surface area (Å²) in [5.41, 5.74) is 0. The van der Waals surface area contributed by atoms with E-state index >= 15 is 0 Å². The topological polar surface area (TPSA) is 30.5 Å². The maximum Gasteiger partial charge on any atom is 0.0591 e. The van der Waals surface area contributed by atoms with Gasteiger partial charge in [0.05, 0.1) is 6.61 Å². The van der Waals surface area contributed by atoms with Crippen LogP contribution in [0.1, 0.15) is 39.5 Å². The number of ether oxygens (including phenoxy) is 2. The van der Waals surface area contributed by atoms with Crippen LogP contribution in [0.3, 0.4) is 0 Å². The van der Waals surface area contributed by atoms with Crippen molar-refractivity contribution < 1.29 is 9.47 Å². The van der Waals surface area contributed by atoms with E-state index in [1.165, 1.54) is 19.3 Å². The normalized spacial score (nSPS) is 29.5. The fraction of sp³-hybridized carbons (Fsp3) is 1.00. The number of hydrogen-bond donors (Lipinski definition) is 1. The van der Waals surface area contributed by atoms with Gasteiger partial charge in [0.15, 0.2) is 0 Å². The summed E-state index contributed by atoms with van der Waals surface area (Å²) in [5.74, 6) is 1.67. The zero-order chi connectivity index (χ0) is 12.5. The lowest BCUT2D eigenvalue weighted by Gasteiger charge is -2.34. The molecule has 3 unspecified atom stereocenters. The van der Waals surface area contributed by atoms with Crippen LogP contribution in [0.4, 0.5) is 0 Å². The van der Waals surface area contributed by atoms with Gasteiger partial charge in [0.25, 0.3) is 0 Å². The molecule has 17 heavy (non-hydrogen) atoms. The van der Waals surface area contributed by atoms with E-state index in [2.05, 4.69) is 19.2 Å². The van der Waals surface area contributed by atoms with E-state index in [4.69, 9.17) is 9.47 Å². The highest BCUT2D eigenvalue weighted by Crippen LogP contribution is 2.29. The molecule has 1 aliphatic carbocycles. The van der Waals surface area contributed by atoms with Gasteiger partial charge in [0, 0.05) is 32.9 Å². The van der Waals surface area contributed by atoms with Gasteiger partial charge in [0.1, 0.15) is 0 Å². The SMILES string of the molecule is COCCCOCCNC1CCCC(C)C1C. The minimum absolute atomic E-state index is 0.696. The molecule has 0 aromatic carbocycles. The molecule has 3 heteroatoms. The van der Waals surface area contributed by atoms with Crippen molar-refractivity contribution in [3.8, 4) is 0 Å². The fourth-order valence-electron chi connectivity index (χ4n) is 2.59. The van der Waals surface area contributed by atoms with Crippen LogP contribution in [0.5, 0.6) is 0 Å². The van der Waals surface area contributed by atoms with E-state index in [1.807, 2.05) is 0 Å². The van der Waals surface area contributed by atoms with E-state index in [0.29, 0.717) is 6.04 Å². The van der Waals surface area contributed by atoms with Gasteiger partial charge in [-0.3, -0.25) is 0 Å². The Hall–Kier alpha value is -0.120. The Morgan fingerprint density at radius 1 is 1.12 bits per heavy atom. The average molecular weight is 243 g/mol. The summed E-state index contributed by atoms with van der Waals surface area (Å²) >= 11 is 0. The first-order chi connectivity index (χ1) is 8.25. The van der Waals surface area contributed by atoms with Crippen LogP contribution < -0.4 is 5.32 Å². The summed E-state index contributed by atoms with van der Waals surface area (Å²) in [4.78, 5) is 0. The van der Waals surface area contributed by atoms with Crippen LogP contribution >= 0.6 is 0 Å². The van der Waals surface area contributed by atoms with Crippen LogP contribution in [-0.4, -0.2) is 39.5 Å². The van der Waals surface area contributed by atoms with Gasteiger partial charge < -0.3 is 14.8 Å². The fourth-order valence-corrected chi connectivity index (χ4v) is 2.59. The van der Waals surface area contributed by atoms with Crippen LogP contribution in [0, 0.1) is 11.8 Å². The molecule has 1 fully saturated rings. The predicted molar refractivity (Wildman–Crippen MR) is 71.3 cm³/mol. The monoisotopic (exact) mass is 243 g/mol. The van der Waals surface area contributed by atoms with Crippen molar-refractivity contribution in [2.75, 3.05) is 33.5 Å². The molecule has 3 atom stereocenters. The summed E-state index contributed by atoms with van der Waals surface area (Å²) in [5, 5.41) is 3.64. The Morgan fingerprint density at radius 3 is 2.71 bits per heavy atom. The maximum atomic E-state index is 5.55. The van der Waals surface area contributed by atoms with E-state index in [-0.39, 0.29) is 0 Å². The lowest BCUT2D eigenvalue weighted by Crippen LogP contribution is -2.41. The largest absolute Gasteiger partial charge is 0.385 e. The third-order valence-corrected chi connectivity index (χ3v) is 4.00. The molecule has 1 saturated carbocycles. The predicted octanol–water partition coefficient (Wildman–Crippen LogP) is 2.45. The van der Waals surface area contributed by atoms with Gasteiger partial charge in [-0.15, -0.1) is 0 Å². The molecule has 1 rings (SSSR count). The standard InChI is InChI=1S/C14H29NO2/c1-12-6-4-7-14(13(12)2)15-8-11-17-10-5-9-16-3/h12-15H,4-11H2,1-3H3. The van der Waals surface area contributed by atoms with E-state index in [9.17, 15) is 0 Å². The van der Waals surface area contributed by atoms with Crippen molar-refractivity contribution in [3.63, 3.8) is 0 Å². The first-order valence-electron chi connectivity index (χ1n) is 7.05. The minimum atomic E-state index is 0.696. The Bertz CT molecular complexity index is 187. The summed E-state index contributed by atoms with van der Waals surface area (Å²) in [6.07, 6.45) is 5.09. The van der Waals surface area contributed by atoms with E-state index in [1.54, 1.807) is 7.11 Å². The first-order valence-corrected chi connectivity index (χ1v) is 7.05. The summed E-state index contributed by atoms with van der Waals surface area (Å²) in [6.45, 7) is 8.16. The molecular formula is C14H29NO2.